The predicted molar refractivity (Wildman–Crippen MR) is 134 cm³/mol. The van der Waals surface area contributed by atoms with Crippen molar-refractivity contribution in [1.29, 1.82) is 0 Å². The zero-order valence-electron chi connectivity index (χ0n) is 21.9. The summed E-state index contributed by atoms with van der Waals surface area (Å²) in [5, 5.41) is 4.05. The lowest BCUT2D eigenvalue weighted by molar-refractivity contribution is -0.278. The van der Waals surface area contributed by atoms with Crippen LogP contribution in [0.2, 0.25) is 0 Å². The van der Waals surface area contributed by atoms with E-state index < -0.39 is 47.8 Å². The van der Waals surface area contributed by atoms with Crippen LogP contribution in [0.25, 0.3) is 11.1 Å². The van der Waals surface area contributed by atoms with Gasteiger partial charge in [0.05, 0.1) is 24.9 Å². The molecule has 1 aliphatic heterocycles. The van der Waals surface area contributed by atoms with Gasteiger partial charge in [0.2, 0.25) is 11.8 Å². The van der Waals surface area contributed by atoms with Gasteiger partial charge in [-0.15, -0.1) is 0 Å². The summed E-state index contributed by atoms with van der Waals surface area (Å²) in [7, 11) is 0. The van der Waals surface area contributed by atoms with Crippen LogP contribution in [0, 0.1) is 5.41 Å². The highest BCUT2D eigenvalue weighted by Gasteiger charge is 2.57. The van der Waals surface area contributed by atoms with Crippen LogP contribution in [0.5, 0.6) is 0 Å². The molecule has 212 valence electrons. The molecule has 1 atom stereocenters. The molecule has 2 N–H and O–H groups in total. The fourth-order valence-corrected chi connectivity index (χ4v) is 4.02. The summed E-state index contributed by atoms with van der Waals surface area (Å²) in [5.41, 5.74) is 0.267. The standard InChI is InChI=1S/C27H30F5N3O4/c1-16(2)39-14-13-35-20-12-8-7-10-18(20)17-9-5-6-11-19(17)21(22(35)36)34-24(38)25(3,4)23(37)33-15-26(28,29)27(30,31)32/h5-12,16,21H,13-15H2,1-4H3,(H,33,37)(H,34,38)/t21-/m0/s1. The van der Waals surface area contributed by atoms with E-state index in [1.54, 1.807) is 42.5 Å². The zero-order chi connectivity index (χ0) is 29.2. The van der Waals surface area contributed by atoms with Crippen molar-refractivity contribution in [3.63, 3.8) is 0 Å². The van der Waals surface area contributed by atoms with Crippen molar-refractivity contribution in [2.45, 2.75) is 51.9 Å². The molecule has 1 heterocycles. The van der Waals surface area contributed by atoms with Crippen molar-refractivity contribution in [2.24, 2.45) is 5.41 Å². The summed E-state index contributed by atoms with van der Waals surface area (Å²) in [6.45, 7) is 4.12. The van der Waals surface area contributed by atoms with Gasteiger partial charge in [0.1, 0.15) is 11.5 Å². The van der Waals surface area contributed by atoms with Gasteiger partial charge in [0.15, 0.2) is 0 Å². The highest BCUT2D eigenvalue weighted by Crippen LogP contribution is 2.40. The number of rotatable bonds is 9. The van der Waals surface area contributed by atoms with Crippen LogP contribution in [0.1, 0.15) is 39.3 Å². The number of anilines is 1. The number of carbonyl (C=O) groups excluding carboxylic acids is 3. The number of nitrogens with zero attached hydrogens (tertiary/aromatic N) is 1. The lowest BCUT2D eigenvalue weighted by Crippen LogP contribution is -2.54. The molecule has 0 spiro atoms. The van der Waals surface area contributed by atoms with Gasteiger partial charge in [-0.2, -0.15) is 22.0 Å². The van der Waals surface area contributed by atoms with Gasteiger partial charge in [0.25, 0.3) is 5.91 Å². The van der Waals surface area contributed by atoms with Gasteiger partial charge in [0, 0.05) is 12.1 Å². The lowest BCUT2D eigenvalue weighted by Gasteiger charge is -2.30. The van der Waals surface area contributed by atoms with Crippen LogP contribution >= 0.6 is 0 Å². The van der Waals surface area contributed by atoms with Gasteiger partial charge in [-0.3, -0.25) is 14.4 Å². The van der Waals surface area contributed by atoms with Gasteiger partial charge >= 0.3 is 12.1 Å². The molecule has 0 aromatic heterocycles. The molecule has 0 bridgehead atoms. The minimum Gasteiger partial charge on any atom is -0.377 e. The van der Waals surface area contributed by atoms with Crippen molar-refractivity contribution < 1.29 is 41.1 Å². The van der Waals surface area contributed by atoms with Crippen LogP contribution in [-0.2, 0) is 19.1 Å². The summed E-state index contributed by atoms with van der Waals surface area (Å²) in [6, 6.07) is 12.7. The highest BCUT2D eigenvalue weighted by atomic mass is 19.4. The Morgan fingerprint density at radius 3 is 2.15 bits per heavy atom. The smallest absolute Gasteiger partial charge is 0.377 e. The fraction of sp³-hybridized carbons (Fsp3) is 0.444. The van der Waals surface area contributed by atoms with Gasteiger partial charge < -0.3 is 20.3 Å². The fourth-order valence-electron chi connectivity index (χ4n) is 4.02. The molecule has 12 heteroatoms. The van der Waals surface area contributed by atoms with Crippen LogP contribution in [-0.4, -0.2) is 55.6 Å². The van der Waals surface area contributed by atoms with E-state index in [0.717, 1.165) is 13.8 Å². The number of halogens is 5. The van der Waals surface area contributed by atoms with Crippen molar-refractivity contribution in [3.05, 3.63) is 54.1 Å². The van der Waals surface area contributed by atoms with Crippen LogP contribution in [0.4, 0.5) is 27.6 Å². The van der Waals surface area contributed by atoms with Gasteiger partial charge in [-0.1, -0.05) is 42.5 Å². The minimum absolute atomic E-state index is 0.0981. The minimum atomic E-state index is -5.87. The highest BCUT2D eigenvalue weighted by molar-refractivity contribution is 6.09. The second-order valence-electron chi connectivity index (χ2n) is 9.93. The van der Waals surface area contributed by atoms with E-state index in [9.17, 15) is 36.3 Å². The molecule has 2 aromatic carbocycles. The van der Waals surface area contributed by atoms with Crippen LogP contribution in [0.15, 0.2) is 48.5 Å². The largest absolute Gasteiger partial charge is 0.455 e. The number of hydrogen-bond donors (Lipinski definition) is 2. The first-order valence-corrected chi connectivity index (χ1v) is 12.2. The number of ether oxygens (including phenoxy) is 1. The van der Waals surface area contributed by atoms with Crippen molar-refractivity contribution in [1.82, 2.24) is 10.6 Å². The Bertz CT molecular complexity index is 1230. The maximum absolute atomic E-state index is 13.9. The van der Waals surface area contributed by atoms with Crippen LogP contribution in [0.3, 0.4) is 0 Å². The molecule has 0 unspecified atom stereocenters. The SMILES string of the molecule is CC(C)OCCN1C(=O)[C@@H](NC(=O)C(C)(C)C(=O)NCC(F)(F)C(F)(F)F)c2ccccc2-c2ccccc21. The first-order valence-electron chi connectivity index (χ1n) is 12.2. The molecular weight excluding hydrogens is 525 g/mol. The number of nitrogens with one attached hydrogen (secondary N) is 2. The number of hydrogen-bond acceptors (Lipinski definition) is 4. The molecular formula is C27H30F5N3O4. The zero-order valence-corrected chi connectivity index (χ0v) is 21.9. The van der Waals surface area contributed by atoms with E-state index in [2.05, 4.69) is 5.32 Å². The Balaban J connectivity index is 1.92. The molecule has 2 aromatic rings. The summed E-state index contributed by atoms with van der Waals surface area (Å²) < 4.78 is 69.9. The maximum Gasteiger partial charge on any atom is 0.455 e. The number of benzene rings is 2. The molecule has 3 amide bonds. The number of fused-ring (bicyclic) bond motifs is 3. The third-order valence-corrected chi connectivity index (χ3v) is 6.33. The second kappa shape index (κ2) is 11.3. The normalized spacial score (nSPS) is 15.9. The van der Waals surface area contributed by atoms with Gasteiger partial charge in [-0.25, -0.2) is 0 Å². The van der Waals surface area contributed by atoms with E-state index >= 15 is 0 Å². The summed E-state index contributed by atoms with van der Waals surface area (Å²) in [4.78, 5) is 41.2. The summed E-state index contributed by atoms with van der Waals surface area (Å²) >= 11 is 0. The summed E-state index contributed by atoms with van der Waals surface area (Å²) in [6.07, 6.45) is -5.97. The van der Waals surface area contributed by atoms with Crippen LogP contribution < -0.4 is 15.5 Å². The average molecular weight is 556 g/mol. The third kappa shape index (κ3) is 6.38. The van der Waals surface area contributed by atoms with E-state index in [1.165, 1.54) is 10.2 Å². The monoisotopic (exact) mass is 555 g/mol. The van der Waals surface area contributed by atoms with Crippen molar-refractivity contribution in [3.8, 4) is 11.1 Å². The Hall–Kier alpha value is -3.54. The Morgan fingerprint density at radius 1 is 0.949 bits per heavy atom. The molecule has 0 saturated heterocycles. The van der Waals surface area contributed by atoms with Crippen molar-refractivity contribution in [2.75, 3.05) is 24.6 Å². The Labute approximate surface area is 222 Å². The first kappa shape index (κ1) is 30.0. The second-order valence-corrected chi connectivity index (χ2v) is 9.93. The maximum atomic E-state index is 13.9. The molecule has 0 radical (unpaired) electrons. The molecule has 39 heavy (non-hydrogen) atoms. The number of carbonyl (C=O) groups is 3. The first-order chi connectivity index (χ1) is 18.1. The van der Waals surface area contributed by atoms with E-state index in [4.69, 9.17) is 4.74 Å². The number of amides is 3. The average Bonchev–Trinajstić information content (AvgIpc) is 2.95. The van der Waals surface area contributed by atoms with E-state index in [-0.39, 0.29) is 19.3 Å². The lowest BCUT2D eigenvalue weighted by atomic mass is 9.89. The summed E-state index contributed by atoms with van der Waals surface area (Å²) in [5.74, 6) is -8.11. The number of alkyl halides is 5. The molecule has 1 aliphatic rings. The molecule has 0 aliphatic carbocycles. The predicted octanol–water partition coefficient (Wildman–Crippen LogP) is 4.62. The topological polar surface area (TPSA) is 87.7 Å². The molecule has 0 saturated carbocycles. The molecule has 7 nitrogen and oxygen atoms in total. The quantitative estimate of drug-likeness (QED) is 0.349. The van der Waals surface area contributed by atoms with E-state index in [0.29, 0.717) is 22.4 Å². The Kier molecular flexibility index (Phi) is 8.69. The third-order valence-electron chi connectivity index (χ3n) is 6.33. The van der Waals surface area contributed by atoms with E-state index in [1.807, 2.05) is 19.9 Å². The molecule has 0 fully saturated rings. The van der Waals surface area contributed by atoms with Gasteiger partial charge in [-0.05, 0) is 44.9 Å². The Morgan fingerprint density at radius 2 is 1.54 bits per heavy atom. The number of para-hydroxylation sites is 1. The molecule has 3 rings (SSSR count). The van der Waals surface area contributed by atoms with Crippen molar-refractivity contribution >= 4 is 23.4 Å².